The van der Waals surface area contributed by atoms with Crippen molar-refractivity contribution < 1.29 is 19.1 Å². The maximum atomic E-state index is 12.9. The summed E-state index contributed by atoms with van der Waals surface area (Å²) in [5.74, 6) is -0.842. The Hall–Kier alpha value is -1.84. The molecule has 30 heavy (non-hydrogen) atoms. The van der Waals surface area contributed by atoms with Crippen molar-refractivity contribution in [3.05, 3.63) is 35.4 Å². The number of rotatable bonds is 16. The highest BCUT2D eigenvalue weighted by atomic mass is 16.5. The standard InChI is InChI=1S/C26H42O4/c1-5-9-11-17-21(15-7-3)29-25(27)23-19-13-14-20-24(23)26(28)30-22(16-8-4)18-12-10-6-2/h13-14,19-22H,5-12,15-18H2,1-4H3. The Balaban J connectivity index is 2.85. The second-order valence-electron chi connectivity index (χ2n) is 8.17. The molecule has 2 atom stereocenters. The first-order chi connectivity index (χ1) is 14.6. The molecule has 0 saturated carbocycles. The van der Waals surface area contributed by atoms with Crippen molar-refractivity contribution in [2.75, 3.05) is 0 Å². The van der Waals surface area contributed by atoms with Gasteiger partial charge in [-0.25, -0.2) is 9.59 Å². The first-order valence-electron chi connectivity index (χ1n) is 12.1. The van der Waals surface area contributed by atoms with Crippen molar-refractivity contribution in [3.63, 3.8) is 0 Å². The molecule has 0 radical (unpaired) electrons. The first-order valence-corrected chi connectivity index (χ1v) is 12.1. The zero-order valence-electron chi connectivity index (χ0n) is 19.6. The van der Waals surface area contributed by atoms with Crippen molar-refractivity contribution >= 4 is 11.9 Å². The highest BCUT2D eigenvalue weighted by Gasteiger charge is 2.23. The van der Waals surface area contributed by atoms with E-state index in [1.165, 1.54) is 0 Å². The van der Waals surface area contributed by atoms with Gasteiger partial charge in [0.15, 0.2) is 0 Å². The maximum absolute atomic E-state index is 12.9. The van der Waals surface area contributed by atoms with Gasteiger partial charge in [-0.05, 0) is 50.7 Å². The number of carbonyl (C=O) groups is 2. The summed E-state index contributed by atoms with van der Waals surface area (Å²) < 4.78 is 11.6. The fourth-order valence-electron chi connectivity index (χ4n) is 3.68. The third-order valence-electron chi connectivity index (χ3n) is 5.39. The van der Waals surface area contributed by atoms with Crippen molar-refractivity contribution in [2.45, 2.75) is 117 Å². The number of ether oxygens (including phenoxy) is 2. The van der Waals surface area contributed by atoms with Crippen LogP contribution in [0, 0.1) is 0 Å². The van der Waals surface area contributed by atoms with Gasteiger partial charge in [0.1, 0.15) is 12.2 Å². The van der Waals surface area contributed by atoms with Crippen LogP contribution in [0.25, 0.3) is 0 Å². The number of hydrogen-bond acceptors (Lipinski definition) is 4. The minimum absolute atomic E-state index is 0.0972. The zero-order chi connectivity index (χ0) is 22.2. The summed E-state index contributed by atoms with van der Waals surface area (Å²) in [6.45, 7) is 8.52. The summed E-state index contributed by atoms with van der Waals surface area (Å²) in [4.78, 5) is 25.8. The second-order valence-corrected chi connectivity index (χ2v) is 8.17. The van der Waals surface area contributed by atoms with Crippen LogP contribution < -0.4 is 0 Å². The maximum Gasteiger partial charge on any atom is 0.339 e. The Labute approximate surface area is 183 Å². The fraction of sp³-hybridized carbons (Fsp3) is 0.692. The predicted molar refractivity (Wildman–Crippen MR) is 123 cm³/mol. The SMILES string of the molecule is CCCCCC(CCC)OC(=O)c1ccccc1C(=O)OC(CCC)CCCCC. The summed E-state index contributed by atoms with van der Waals surface area (Å²) in [7, 11) is 0. The molecule has 170 valence electrons. The topological polar surface area (TPSA) is 52.6 Å². The van der Waals surface area contributed by atoms with E-state index < -0.39 is 11.9 Å². The lowest BCUT2D eigenvalue weighted by Crippen LogP contribution is -2.23. The van der Waals surface area contributed by atoms with Gasteiger partial charge in [-0.2, -0.15) is 0 Å². The van der Waals surface area contributed by atoms with Gasteiger partial charge in [0.2, 0.25) is 0 Å². The molecule has 1 aromatic rings. The van der Waals surface area contributed by atoms with Crippen LogP contribution in [0.3, 0.4) is 0 Å². The van der Waals surface area contributed by atoms with E-state index in [4.69, 9.17) is 9.47 Å². The molecular weight excluding hydrogens is 376 g/mol. The molecule has 0 fully saturated rings. The van der Waals surface area contributed by atoms with Gasteiger partial charge >= 0.3 is 11.9 Å². The van der Waals surface area contributed by atoms with Crippen LogP contribution in [0.4, 0.5) is 0 Å². The van der Waals surface area contributed by atoms with Crippen LogP contribution >= 0.6 is 0 Å². The summed E-state index contributed by atoms with van der Waals surface area (Å²) in [6, 6.07) is 6.87. The van der Waals surface area contributed by atoms with Gasteiger partial charge in [-0.15, -0.1) is 0 Å². The zero-order valence-corrected chi connectivity index (χ0v) is 19.6. The van der Waals surface area contributed by atoms with E-state index in [2.05, 4.69) is 27.7 Å². The normalized spacial score (nSPS) is 12.9. The Morgan fingerprint density at radius 1 is 0.633 bits per heavy atom. The van der Waals surface area contributed by atoms with E-state index in [1.54, 1.807) is 24.3 Å². The molecule has 4 nitrogen and oxygen atoms in total. The molecular formula is C26H42O4. The largest absolute Gasteiger partial charge is 0.459 e. The van der Waals surface area contributed by atoms with Gasteiger partial charge in [0.25, 0.3) is 0 Å². The lowest BCUT2D eigenvalue weighted by molar-refractivity contribution is 0.0205. The van der Waals surface area contributed by atoms with E-state index in [9.17, 15) is 9.59 Å². The van der Waals surface area contributed by atoms with E-state index >= 15 is 0 Å². The van der Waals surface area contributed by atoms with E-state index in [1.807, 2.05) is 0 Å². The van der Waals surface area contributed by atoms with E-state index in [0.29, 0.717) is 11.1 Å². The Morgan fingerprint density at radius 2 is 1.03 bits per heavy atom. The van der Waals surface area contributed by atoms with Crippen LogP contribution in [0.5, 0.6) is 0 Å². The lowest BCUT2D eigenvalue weighted by Gasteiger charge is -2.20. The van der Waals surface area contributed by atoms with Gasteiger partial charge in [0, 0.05) is 0 Å². The van der Waals surface area contributed by atoms with Crippen LogP contribution in [0.2, 0.25) is 0 Å². The minimum Gasteiger partial charge on any atom is -0.459 e. The molecule has 0 saturated heterocycles. The van der Waals surface area contributed by atoms with Gasteiger partial charge < -0.3 is 9.47 Å². The fourth-order valence-corrected chi connectivity index (χ4v) is 3.68. The van der Waals surface area contributed by atoms with Gasteiger partial charge in [-0.1, -0.05) is 78.4 Å². The molecule has 0 bridgehead atoms. The predicted octanol–water partition coefficient (Wildman–Crippen LogP) is 7.50. The Bertz CT molecular complexity index is 558. The summed E-state index contributed by atoms with van der Waals surface area (Å²) in [5.41, 5.74) is 0.616. The summed E-state index contributed by atoms with van der Waals surface area (Å²) in [5, 5.41) is 0. The van der Waals surface area contributed by atoms with Crippen LogP contribution in [-0.4, -0.2) is 24.1 Å². The monoisotopic (exact) mass is 418 g/mol. The highest BCUT2D eigenvalue weighted by Crippen LogP contribution is 2.20. The summed E-state index contributed by atoms with van der Waals surface area (Å²) >= 11 is 0. The molecule has 0 aliphatic heterocycles. The van der Waals surface area contributed by atoms with Crippen LogP contribution in [0.1, 0.15) is 125 Å². The third-order valence-corrected chi connectivity index (χ3v) is 5.39. The smallest absolute Gasteiger partial charge is 0.339 e. The molecule has 4 heteroatoms. The number of benzene rings is 1. The summed E-state index contributed by atoms with van der Waals surface area (Å²) in [6.07, 6.45) is 11.8. The molecule has 0 aliphatic rings. The average Bonchev–Trinajstić information content (AvgIpc) is 2.74. The van der Waals surface area contributed by atoms with Gasteiger partial charge in [-0.3, -0.25) is 0 Å². The number of carbonyl (C=O) groups excluding carboxylic acids is 2. The van der Waals surface area contributed by atoms with Crippen molar-refractivity contribution in [3.8, 4) is 0 Å². The number of unbranched alkanes of at least 4 members (excludes halogenated alkanes) is 4. The Kier molecular flexibility index (Phi) is 13.9. The molecule has 0 amide bonds. The second kappa shape index (κ2) is 15.9. The first kappa shape index (κ1) is 26.2. The van der Waals surface area contributed by atoms with Crippen molar-refractivity contribution in [2.24, 2.45) is 0 Å². The number of esters is 2. The Morgan fingerprint density at radius 3 is 1.37 bits per heavy atom. The van der Waals surface area contributed by atoms with Crippen LogP contribution in [-0.2, 0) is 9.47 Å². The van der Waals surface area contributed by atoms with Crippen molar-refractivity contribution in [1.82, 2.24) is 0 Å². The van der Waals surface area contributed by atoms with Gasteiger partial charge in [0.05, 0.1) is 11.1 Å². The van der Waals surface area contributed by atoms with Crippen molar-refractivity contribution in [1.29, 1.82) is 0 Å². The molecule has 0 spiro atoms. The van der Waals surface area contributed by atoms with E-state index in [0.717, 1.165) is 77.0 Å². The molecule has 1 aromatic carbocycles. The molecule has 0 heterocycles. The molecule has 0 aliphatic carbocycles. The lowest BCUT2D eigenvalue weighted by atomic mass is 10.0. The molecule has 0 N–H and O–H groups in total. The minimum atomic E-state index is -0.421. The molecule has 2 unspecified atom stereocenters. The molecule has 1 rings (SSSR count). The quantitative estimate of drug-likeness (QED) is 0.206. The molecule has 0 aromatic heterocycles. The number of hydrogen-bond donors (Lipinski definition) is 0. The highest BCUT2D eigenvalue weighted by molar-refractivity contribution is 6.03. The average molecular weight is 419 g/mol. The third kappa shape index (κ3) is 9.77. The van der Waals surface area contributed by atoms with E-state index in [-0.39, 0.29) is 12.2 Å². The van der Waals surface area contributed by atoms with Crippen LogP contribution in [0.15, 0.2) is 24.3 Å².